The van der Waals surface area contributed by atoms with Crippen molar-refractivity contribution < 1.29 is 13.2 Å². The van der Waals surface area contributed by atoms with Crippen LogP contribution in [0.1, 0.15) is 15.9 Å². The van der Waals surface area contributed by atoms with Gasteiger partial charge in [0.15, 0.2) is 0 Å². The van der Waals surface area contributed by atoms with Crippen molar-refractivity contribution in [2.75, 3.05) is 6.26 Å². The van der Waals surface area contributed by atoms with Crippen LogP contribution in [-0.4, -0.2) is 25.1 Å². The van der Waals surface area contributed by atoms with Gasteiger partial charge in [0.1, 0.15) is 0 Å². The number of carbonyl (C=O) groups is 1. The average molecular weight is 342 g/mol. The molecule has 0 atom stereocenters. The Kier molecular flexibility index (Phi) is 3.93. The zero-order valence-electron chi connectivity index (χ0n) is 13.7. The highest BCUT2D eigenvalue weighted by atomic mass is 32.2. The number of hydrogen-bond donors (Lipinski definition) is 1. The molecule has 0 bridgehead atoms. The average Bonchev–Trinajstić information content (AvgIpc) is 2.83. The van der Waals surface area contributed by atoms with Crippen LogP contribution in [-0.2, 0) is 17.1 Å². The van der Waals surface area contributed by atoms with Crippen molar-refractivity contribution in [2.45, 2.75) is 6.92 Å². The standard InChI is InChI=1S/C18H18N2O3S/c1-12-4-6-13(7-5-12)16-11-20(2)17-10-14(8-9-15(16)17)18(21)19-24(3,22)23/h4-11H,1-3H3,(H,19,21). The zero-order valence-corrected chi connectivity index (χ0v) is 14.5. The van der Waals surface area contributed by atoms with E-state index < -0.39 is 15.9 Å². The first-order valence-corrected chi connectivity index (χ1v) is 9.32. The van der Waals surface area contributed by atoms with Gasteiger partial charge in [-0.15, -0.1) is 0 Å². The van der Waals surface area contributed by atoms with Crippen molar-refractivity contribution >= 4 is 26.8 Å². The Morgan fingerprint density at radius 2 is 1.75 bits per heavy atom. The Morgan fingerprint density at radius 3 is 2.38 bits per heavy atom. The highest BCUT2D eigenvalue weighted by Crippen LogP contribution is 2.31. The molecular formula is C18H18N2O3S. The molecule has 1 N–H and O–H groups in total. The largest absolute Gasteiger partial charge is 0.350 e. The maximum Gasteiger partial charge on any atom is 0.264 e. The van der Waals surface area contributed by atoms with Gasteiger partial charge in [-0.25, -0.2) is 13.1 Å². The van der Waals surface area contributed by atoms with E-state index in [1.807, 2.05) is 35.5 Å². The number of amides is 1. The summed E-state index contributed by atoms with van der Waals surface area (Å²) in [6.07, 6.45) is 2.97. The third kappa shape index (κ3) is 3.19. The van der Waals surface area contributed by atoms with Gasteiger partial charge in [-0.2, -0.15) is 0 Å². The van der Waals surface area contributed by atoms with Crippen molar-refractivity contribution in [2.24, 2.45) is 7.05 Å². The molecule has 0 aliphatic carbocycles. The van der Waals surface area contributed by atoms with E-state index in [1.54, 1.807) is 12.1 Å². The summed E-state index contributed by atoms with van der Waals surface area (Å²) in [7, 11) is -1.68. The topological polar surface area (TPSA) is 68.2 Å². The summed E-state index contributed by atoms with van der Waals surface area (Å²) in [4.78, 5) is 12.0. The molecule has 5 nitrogen and oxygen atoms in total. The van der Waals surface area contributed by atoms with E-state index in [1.165, 1.54) is 5.56 Å². The molecule has 1 heterocycles. The summed E-state index contributed by atoms with van der Waals surface area (Å²) in [6.45, 7) is 2.04. The maximum absolute atomic E-state index is 12.0. The molecule has 0 spiro atoms. The molecule has 0 saturated heterocycles. The fourth-order valence-electron chi connectivity index (χ4n) is 2.72. The lowest BCUT2D eigenvalue weighted by atomic mass is 10.0. The number of benzene rings is 2. The fourth-order valence-corrected chi connectivity index (χ4v) is 3.17. The fraction of sp³-hybridized carbons (Fsp3) is 0.167. The molecule has 3 aromatic rings. The smallest absolute Gasteiger partial charge is 0.264 e. The van der Waals surface area contributed by atoms with Gasteiger partial charge in [0.05, 0.1) is 6.26 Å². The molecule has 1 aromatic heterocycles. The van der Waals surface area contributed by atoms with Gasteiger partial charge in [-0.1, -0.05) is 35.9 Å². The van der Waals surface area contributed by atoms with Crippen LogP contribution in [0.4, 0.5) is 0 Å². The number of nitrogens with one attached hydrogen (secondary N) is 1. The van der Waals surface area contributed by atoms with Crippen LogP contribution in [0.3, 0.4) is 0 Å². The predicted molar refractivity (Wildman–Crippen MR) is 95.4 cm³/mol. The molecule has 1 amide bonds. The van der Waals surface area contributed by atoms with Crippen molar-refractivity contribution in [3.63, 3.8) is 0 Å². The molecule has 0 unspecified atom stereocenters. The first kappa shape index (κ1) is 16.3. The molecule has 0 aliphatic rings. The third-order valence-electron chi connectivity index (χ3n) is 3.89. The minimum absolute atomic E-state index is 0.310. The Labute approximate surface area is 141 Å². The van der Waals surface area contributed by atoms with E-state index in [4.69, 9.17) is 0 Å². The molecule has 3 rings (SSSR count). The SMILES string of the molecule is Cc1ccc(-c2cn(C)c3cc(C(=O)NS(C)(=O)=O)ccc23)cc1. The van der Waals surface area contributed by atoms with E-state index in [-0.39, 0.29) is 0 Å². The lowest BCUT2D eigenvalue weighted by molar-refractivity contribution is 0.0982. The minimum Gasteiger partial charge on any atom is -0.350 e. The number of hydrogen-bond acceptors (Lipinski definition) is 3. The quantitative estimate of drug-likeness (QED) is 0.796. The van der Waals surface area contributed by atoms with Gasteiger partial charge in [0.25, 0.3) is 5.91 Å². The predicted octanol–water partition coefficient (Wildman–Crippen LogP) is 2.84. The number of fused-ring (bicyclic) bond motifs is 1. The van der Waals surface area contributed by atoms with Crippen LogP contribution < -0.4 is 4.72 Å². The molecule has 124 valence electrons. The normalized spacial score (nSPS) is 11.6. The number of sulfonamides is 1. The second-order valence-corrected chi connectivity index (χ2v) is 7.70. The number of rotatable bonds is 3. The highest BCUT2D eigenvalue weighted by molar-refractivity contribution is 7.89. The van der Waals surface area contributed by atoms with E-state index in [2.05, 4.69) is 24.3 Å². The van der Waals surface area contributed by atoms with Gasteiger partial charge in [0.2, 0.25) is 10.0 Å². The summed E-state index contributed by atoms with van der Waals surface area (Å²) < 4.78 is 26.4. The van der Waals surface area contributed by atoms with Crippen LogP contribution in [0.5, 0.6) is 0 Å². The molecule has 0 radical (unpaired) electrons. The van der Waals surface area contributed by atoms with Crippen molar-refractivity contribution in [3.05, 3.63) is 59.8 Å². The first-order valence-electron chi connectivity index (χ1n) is 7.43. The van der Waals surface area contributed by atoms with Crippen molar-refractivity contribution in [3.8, 4) is 11.1 Å². The molecule has 0 aliphatic heterocycles. The lowest BCUT2D eigenvalue weighted by Crippen LogP contribution is -2.29. The van der Waals surface area contributed by atoms with Crippen LogP contribution >= 0.6 is 0 Å². The number of nitrogens with zero attached hydrogens (tertiary/aromatic N) is 1. The lowest BCUT2D eigenvalue weighted by Gasteiger charge is -2.04. The molecule has 6 heteroatoms. The Bertz CT molecular complexity index is 1030. The van der Waals surface area contributed by atoms with E-state index in [0.29, 0.717) is 5.56 Å². The zero-order chi connectivity index (χ0) is 17.5. The van der Waals surface area contributed by atoms with E-state index in [9.17, 15) is 13.2 Å². The number of aryl methyl sites for hydroxylation is 2. The second-order valence-electron chi connectivity index (χ2n) is 5.95. The van der Waals surface area contributed by atoms with E-state index in [0.717, 1.165) is 28.3 Å². The summed E-state index contributed by atoms with van der Waals surface area (Å²) in [5.41, 5.74) is 4.54. The number of carbonyl (C=O) groups excluding carboxylic acids is 1. The summed E-state index contributed by atoms with van der Waals surface area (Å²) in [6, 6.07) is 13.4. The van der Waals surface area contributed by atoms with E-state index >= 15 is 0 Å². The summed E-state index contributed by atoms with van der Waals surface area (Å²) in [5.74, 6) is -0.627. The molecule has 24 heavy (non-hydrogen) atoms. The summed E-state index contributed by atoms with van der Waals surface area (Å²) >= 11 is 0. The minimum atomic E-state index is -3.58. The van der Waals surface area contributed by atoms with Crippen molar-refractivity contribution in [1.29, 1.82) is 0 Å². The van der Waals surface area contributed by atoms with Gasteiger partial charge in [-0.05, 0) is 24.6 Å². The number of aromatic nitrogens is 1. The Balaban J connectivity index is 2.08. The Hall–Kier alpha value is -2.60. The Morgan fingerprint density at radius 1 is 1.08 bits per heavy atom. The molecule has 2 aromatic carbocycles. The van der Waals surface area contributed by atoms with Crippen LogP contribution in [0.15, 0.2) is 48.7 Å². The van der Waals surface area contributed by atoms with Crippen LogP contribution in [0, 0.1) is 6.92 Å². The van der Waals surface area contributed by atoms with Gasteiger partial charge < -0.3 is 4.57 Å². The highest BCUT2D eigenvalue weighted by Gasteiger charge is 2.14. The van der Waals surface area contributed by atoms with Crippen LogP contribution in [0.2, 0.25) is 0 Å². The molecular weight excluding hydrogens is 324 g/mol. The maximum atomic E-state index is 12.0. The van der Waals surface area contributed by atoms with Gasteiger partial charge >= 0.3 is 0 Å². The van der Waals surface area contributed by atoms with Gasteiger partial charge in [-0.3, -0.25) is 4.79 Å². The first-order chi connectivity index (χ1) is 11.2. The molecule has 0 fully saturated rings. The third-order valence-corrected chi connectivity index (χ3v) is 4.45. The monoisotopic (exact) mass is 342 g/mol. The summed E-state index contributed by atoms with van der Waals surface area (Å²) in [5, 5.41) is 1.01. The van der Waals surface area contributed by atoms with Gasteiger partial charge in [0, 0.05) is 35.3 Å². The second kappa shape index (κ2) is 5.79. The molecule has 0 saturated carbocycles. The van der Waals surface area contributed by atoms with Crippen LogP contribution in [0.25, 0.3) is 22.0 Å². The van der Waals surface area contributed by atoms with Crippen molar-refractivity contribution in [1.82, 2.24) is 9.29 Å².